The summed E-state index contributed by atoms with van der Waals surface area (Å²) in [6, 6.07) is 15.4. The van der Waals surface area contributed by atoms with Gasteiger partial charge in [-0.1, -0.05) is 65.5 Å². The van der Waals surface area contributed by atoms with Gasteiger partial charge in [-0.15, -0.1) is 0 Å². The normalized spacial score (nSPS) is 10.9. The van der Waals surface area contributed by atoms with Gasteiger partial charge in [-0.3, -0.25) is 0 Å². The van der Waals surface area contributed by atoms with Crippen molar-refractivity contribution >= 4 is 26.0 Å². The Kier molecular flexibility index (Phi) is 3.60. The molecular weight excluding hydrogens is 220 g/mol. The summed E-state index contributed by atoms with van der Waals surface area (Å²) in [4.78, 5) is 0. The average molecular weight is 238 g/mol. The lowest BCUT2D eigenvalue weighted by Crippen LogP contribution is -2.29. The molecule has 0 unspecified atom stereocenters. The maximum Gasteiger partial charge on any atom is 0.0878 e. The molecule has 0 bridgehead atoms. The molecule has 86 valence electrons. The molecule has 1 heteroatoms. The number of rotatable bonds is 3. The summed E-state index contributed by atoms with van der Waals surface area (Å²) in [5.74, 6) is 0. The van der Waals surface area contributed by atoms with Gasteiger partial charge < -0.3 is 0 Å². The van der Waals surface area contributed by atoms with E-state index in [1.165, 1.54) is 21.9 Å². The van der Waals surface area contributed by atoms with Crippen LogP contribution < -0.4 is 10.4 Å². The highest BCUT2D eigenvalue weighted by Crippen LogP contribution is 2.02. The Balaban J connectivity index is 2.25. The van der Waals surface area contributed by atoms with Crippen LogP contribution in [0.15, 0.2) is 49.0 Å². The molecule has 0 N–H and O–H groups in total. The van der Waals surface area contributed by atoms with Gasteiger partial charge in [-0.25, -0.2) is 0 Å². The van der Waals surface area contributed by atoms with E-state index in [4.69, 9.17) is 0 Å². The topological polar surface area (TPSA) is 0 Å². The van der Waals surface area contributed by atoms with Crippen LogP contribution in [0.4, 0.5) is 0 Å². The van der Waals surface area contributed by atoms with Crippen molar-refractivity contribution in [2.45, 2.75) is 13.8 Å². The summed E-state index contributed by atoms with van der Waals surface area (Å²) in [5.41, 5.74) is 4.06. The Morgan fingerprint density at radius 3 is 2.35 bits per heavy atom. The molecule has 0 radical (unpaired) electrons. The maximum atomic E-state index is 3.78. The summed E-state index contributed by atoms with van der Waals surface area (Å²) >= 11 is 0. The van der Waals surface area contributed by atoms with E-state index in [-0.39, 0.29) is 9.52 Å². The van der Waals surface area contributed by atoms with Crippen molar-refractivity contribution in [1.29, 1.82) is 0 Å². The van der Waals surface area contributed by atoms with Gasteiger partial charge in [0.1, 0.15) is 0 Å². The first-order valence-corrected chi connectivity index (χ1v) is 7.38. The highest BCUT2D eigenvalue weighted by molar-refractivity contribution is 6.67. The van der Waals surface area contributed by atoms with Gasteiger partial charge in [0.15, 0.2) is 0 Å². The van der Waals surface area contributed by atoms with Crippen molar-refractivity contribution in [3.8, 4) is 0 Å². The van der Waals surface area contributed by atoms with Gasteiger partial charge >= 0.3 is 0 Å². The molecule has 0 saturated heterocycles. The second kappa shape index (κ2) is 5.15. The van der Waals surface area contributed by atoms with Crippen LogP contribution in [0.3, 0.4) is 0 Å². The van der Waals surface area contributed by atoms with Gasteiger partial charge in [0.25, 0.3) is 0 Å². The second-order valence-corrected chi connectivity index (χ2v) is 6.41. The van der Waals surface area contributed by atoms with E-state index in [0.29, 0.717) is 0 Å². The van der Waals surface area contributed by atoms with Gasteiger partial charge in [0.05, 0.1) is 9.52 Å². The highest BCUT2D eigenvalue weighted by Gasteiger charge is 2.02. The molecule has 0 aromatic heterocycles. The lowest BCUT2D eigenvalue weighted by molar-refractivity contribution is 1.37. The van der Waals surface area contributed by atoms with Crippen molar-refractivity contribution in [1.82, 2.24) is 0 Å². The SMILES string of the molecule is C=Cc1ccc([SiH2]c2cccc(C)c2C)cc1. The maximum absolute atomic E-state index is 3.78. The molecular formula is C16H18Si. The molecule has 0 amide bonds. The predicted molar refractivity (Wildman–Crippen MR) is 80.3 cm³/mol. The first-order chi connectivity index (χ1) is 8.20. The van der Waals surface area contributed by atoms with Crippen LogP contribution in [0, 0.1) is 13.8 Å². The van der Waals surface area contributed by atoms with Crippen molar-refractivity contribution < 1.29 is 0 Å². The van der Waals surface area contributed by atoms with E-state index >= 15 is 0 Å². The Labute approximate surface area is 106 Å². The zero-order chi connectivity index (χ0) is 12.3. The minimum Gasteiger partial charge on any atom is -0.0985 e. The first-order valence-electron chi connectivity index (χ1n) is 5.97. The fraction of sp³-hybridized carbons (Fsp3) is 0.125. The predicted octanol–water partition coefficient (Wildman–Crippen LogP) is 2.07. The van der Waals surface area contributed by atoms with Crippen LogP contribution in [0.1, 0.15) is 16.7 Å². The largest absolute Gasteiger partial charge is 0.0985 e. The second-order valence-electron chi connectivity index (χ2n) is 4.48. The summed E-state index contributed by atoms with van der Waals surface area (Å²) in [6.07, 6.45) is 1.89. The van der Waals surface area contributed by atoms with E-state index < -0.39 is 0 Å². The Morgan fingerprint density at radius 1 is 1.00 bits per heavy atom. The molecule has 17 heavy (non-hydrogen) atoms. The molecule has 2 rings (SSSR count). The average Bonchev–Trinajstić information content (AvgIpc) is 2.36. The third-order valence-electron chi connectivity index (χ3n) is 3.33. The summed E-state index contributed by atoms with van der Waals surface area (Å²) in [7, 11) is -0.342. The quantitative estimate of drug-likeness (QED) is 0.718. The number of hydrogen-bond donors (Lipinski definition) is 0. The molecule has 0 spiro atoms. The zero-order valence-electron chi connectivity index (χ0n) is 10.5. The monoisotopic (exact) mass is 238 g/mol. The van der Waals surface area contributed by atoms with Crippen molar-refractivity contribution in [3.63, 3.8) is 0 Å². The molecule has 0 fully saturated rings. The van der Waals surface area contributed by atoms with E-state index in [1.807, 2.05) is 6.08 Å². The van der Waals surface area contributed by atoms with E-state index in [9.17, 15) is 0 Å². The minimum absolute atomic E-state index is 0.342. The standard InChI is InChI=1S/C16H18Si/c1-4-14-8-10-15(11-9-14)17-16-7-5-6-12(2)13(16)3/h4-11H,1,17H2,2-3H3. The van der Waals surface area contributed by atoms with Crippen molar-refractivity contribution in [2.75, 3.05) is 0 Å². The van der Waals surface area contributed by atoms with Gasteiger partial charge in [0.2, 0.25) is 0 Å². The molecule has 0 heterocycles. The molecule has 2 aromatic carbocycles. The molecule has 0 aliphatic carbocycles. The Hall–Kier alpha value is -1.60. The molecule has 0 aliphatic heterocycles. The lowest BCUT2D eigenvalue weighted by Gasteiger charge is -2.08. The van der Waals surface area contributed by atoms with E-state index in [0.717, 1.165) is 0 Å². The third kappa shape index (κ3) is 2.74. The van der Waals surface area contributed by atoms with Crippen LogP contribution in [-0.2, 0) is 0 Å². The van der Waals surface area contributed by atoms with Gasteiger partial charge in [-0.05, 0) is 30.5 Å². The number of benzene rings is 2. The van der Waals surface area contributed by atoms with Crippen LogP contribution in [0.5, 0.6) is 0 Å². The van der Waals surface area contributed by atoms with Crippen LogP contribution in [0.25, 0.3) is 6.08 Å². The van der Waals surface area contributed by atoms with Gasteiger partial charge in [-0.2, -0.15) is 0 Å². The zero-order valence-corrected chi connectivity index (χ0v) is 11.9. The van der Waals surface area contributed by atoms with Crippen LogP contribution in [-0.4, -0.2) is 9.52 Å². The third-order valence-corrected chi connectivity index (χ3v) is 5.35. The van der Waals surface area contributed by atoms with E-state index in [2.05, 4.69) is 62.9 Å². The van der Waals surface area contributed by atoms with E-state index in [1.54, 1.807) is 5.19 Å². The van der Waals surface area contributed by atoms with Crippen LogP contribution >= 0.6 is 0 Å². The lowest BCUT2D eigenvalue weighted by atomic mass is 10.1. The fourth-order valence-corrected chi connectivity index (χ4v) is 3.70. The minimum atomic E-state index is -0.342. The van der Waals surface area contributed by atoms with Crippen molar-refractivity contribution in [3.05, 3.63) is 65.7 Å². The molecule has 0 saturated carbocycles. The molecule has 2 aromatic rings. The van der Waals surface area contributed by atoms with Crippen molar-refractivity contribution in [2.24, 2.45) is 0 Å². The Bertz CT molecular complexity index is 524. The summed E-state index contributed by atoms with van der Waals surface area (Å²) in [6.45, 7) is 8.20. The van der Waals surface area contributed by atoms with Gasteiger partial charge in [0, 0.05) is 0 Å². The summed E-state index contributed by atoms with van der Waals surface area (Å²) < 4.78 is 0. The Morgan fingerprint density at radius 2 is 1.71 bits per heavy atom. The van der Waals surface area contributed by atoms with Crippen LogP contribution in [0.2, 0.25) is 0 Å². The fourth-order valence-electron chi connectivity index (χ4n) is 1.99. The molecule has 0 nitrogen and oxygen atoms in total. The number of aryl methyl sites for hydroxylation is 1. The smallest absolute Gasteiger partial charge is 0.0878 e. The number of hydrogen-bond acceptors (Lipinski definition) is 0. The highest BCUT2D eigenvalue weighted by atomic mass is 28.2. The molecule has 0 aliphatic rings. The first kappa shape index (κ1) is 11.9. The molecule has 0 atom stereocenters. The summed E-state index contributed by atoms with van der Waals surface area (Å²) in [5, 5.41) is 3.04.